The van der Waals surface area contributed by atoms with Crippen molar-refractivity contribution in [2.75, 3.05) is 51.3 Å². The van der Waals surface area contributed by atoms with Crippen LogP contribution in [0, 0.1) is 6.92 Å². The summed E-state index contributed by atoms with van der Waals surface area (Å²) in [6.07, 6.45) is 1.99. The van der Waals surface area contributed by atoms with E-state index in [1.54, 1.807) is 17.7 Å². The van der Waals surface area contributed by atoms with Gasteiger partial charge in [0.25, 0.3) is 0 Å². The summed E-state index contributed by atoms with van der Waals surface area (Å²) in [5.74, 6) is 0.855. The van der Waals surface area contributed by atoms with Crippen LogP contribution in [0.15, 0.2) is 12.4 Å². The second-order valence-electron chi connectivity index (χ2n) is 5.78. The van der Waals surface area contributed by atoms with Crippen LogP contribution in [0.4, 0.5) is 5.82 Å². The normalized spacial score (nSPS) is 15.5. The molecular weight excluding hydrogens is 326 g/mol. The second kappa shape index (κ2) is 8.36. The molecule has 3 heterocycles. The summed E-state index contributed by atoms with van der Waals surface area (Å²) in [7, 11) is 0. The Kier molecular flexibility index (Phi) is 5.95. The number of ether oxygens (including phenoxy) is 1. The molecule has 0 aliphatic carbocycles. The van der Waals surface area contributed by atoms with E-state index in [9.17, 15) is 4.79 Å². The Morgan fingerprint density at radius 3 is 3.00 bits per heavy atom. The summed E-state index contributed by atoms with van der Waals surface area (Å²) in [6, 6.07) is 2.07. The Labute approximate surface area is 145 Å². The molecule has 0 saturated carbocycles. The van der Waals surface area contributed by atoms with Crippen molar-refractivity contribution < 1.29 is 9.53 Å². The number of nitrogens with zero attached hydrogens (tertiary/aromatic N) is 3. The molecule has 2 aromatic rings. The highest BCUT2D eigenvalue weighted by molar-refractivity contribution is 7.18. The fourth-order valence-electron chi connectivity index (χ4n) is 2.68. The number of morpholine rings is 1. The van der Waals surface area contributed by atoms with Crippen molar-refractivity contribution in [3.63, 3.8) is 0 Å². The maximum atomic E-state index is 11.9. The molecule has 0 radical (unpaired) electrons. The monoisotopic (exact) mass is 349 g/mol. The Morgan fingerprint density at radius 2 is 2.17 bits per heavy atom. The number of aryl methyl sites for hydroxylation is 1. The standard InChI is InChI=1S/C16H23N5O2S/c1-12-10-13-15(19-11-20-16(13)24-12)18-3-2-14(22)17-4-5-21-6-8-23-9-7-21/h10-11H,2-9H2,1H3,(H,17,22)(H,18,19,20). The van der Waals surface area contributed by atoms with Crippen LogP contribution in [0.1, 0.15) is 11.3 Å². The van der Waals surface area contributed by atoms with Gasteiger partial charge in [-0.3, -0.25) is 9.69 Å². The molecule has 7 nitrogen and oxygen atoms in total. The van der Waals surface area contributed by atoms with Crippen LogP contribution < -0.4 is 10.6 Å². The van der Waals surface area contributed by atoms with Crippen LogP contribution in [0.25, 0.3) is 10.2 Å². The van der Waals surface area contributed by atoms with Crippen LogP contribution in [-0.4, -0.2) is 66.7 Å². The number of anilines is 1. The lowest BCUT2D eigenvalue weighted by molar-refractivity contribution is -0.120. The topological polar surface area (TPSA) is 79.4 Å². The number of nitrogens with one attached hydrogen (secondary N) is 2. The van der Waals surface area contributed by atoms with Gasteiger partial charge in [0.05, 0.1) is 18.6 Å². The number of carbonyl (C=O) groups excluding carboxylic acids is 1. The number of fused-ring (bicyclic) bond motifs is 1. The lowest BCUT2D eigenvalue weighted by Crippen LogP contribution is -2.41. The third kappa shape index (κ3) is 4.62. The van der Waals surface area contributed by atoms with Crippen LogP contribution in [0.5, 0.6) is 0 Å². The van der Waals surface area contributed by atoms with Gasteiger partial charge in [-0.15, -0.1) is 11.3 Å². The van der Waals surface area contributed by atoms with Crippen LogP contribution in [0.3, 0.4) is 0 Å². The van der Waals surface area contributed by atoms with Gasteiger partial charge >= 0.3 is 0 Å². The summed E-state index contributed by atoms with van der Waals surface area (Å²) >= 11 is 1.65. The molecule has 8 heteroatoms. The van der Waals surface area contributed by atoms with Crippen molar-refractivity contribution in [3.05, 3.63) is 17.3 Å². The van der Waals surface area contributed by atoms with Crippen LogP contribution in [-0.2, 0) is 9.53 Å². The SMILES string of the molecule is Cc1cc2c(NCCC(=O)NCCN3CCOCC3)ncnc2s1. The molecule has 2 aromatic heterocycles. The first-order valence-electron chi connectivity index (χ1n) is 8.24. The van der Waals surface area contributed by atoms with Crippen molar-refractivity contribution in [1.29, 1.82) is 0 Å². The van der Waals surface area contributed by atoms with E-state index in [0.29, 0.717) is 19.5 Å². The molecule has 1 saturated heterocycles. The van der Waals surface area contributed by atoms with E-state index in [-0.39, 0.29) is 5.91 Å². The van der Waals surface area contributed by atoms with Gasteiger partial charge < -0.3 is 15.4 Å². The Bertz CT molecular complexity index is 684. The number of carbonyl (C=O) groups is 1. The maximum absolute atomic E-state index is 11.9. The van der Waals surface area contributed by atoms with E-state index in [2.05, 4.69) is 38.5 Å². The number of amides is 1. The zero-order valence-electron chi connectivity index (χ0n) is 13.9. The minimum absolute atomic E-state index is 0.0579. The first-order chi connectivity index (χ1) is 11.7. The summed E-state index contributed by atoms with van der Waals surface area (Å²) in [4.78, 5) is 24.9. The van der Waals surface area contributed by atoms with E-state index >= 15 is 0 Å². The van der Waals surface area contributed by atoms with E-state index < -0.39 is 0 Å². The summed E-state index contributed by atoms with van der Waals surface area (Å²) in [6.45, 7) is 7.63. The molecule has 1 amide bonds. The Balaban J connectivity index is 1.38. The molecule has 1 aliphatic heterocycles. The minimum atomic E-state index is 0.0579. The van der Waals surface area contributed by atoms with Gasteiger partial charge in [-0.1, -0.05) is 0 Å². The minimum Gasteiger partial charge on any atom is -0.379 e. The molecule has 130 valence electrons. The molecule has 0 atom stereocenters. The second-order valence-corrected chi connectivity index (χ2v) is 7.01. The van der Waals surface area contributed by atoms with Gasteiger partial charge in [0, 0.05) is 44.0 Å². The quantitative estimate of drug-likeness (QED) is 0.783. The maximum Gasteiger partial charge on any atom is 0.221 e. The van der Waals surface area contributed by atoms with E-state index in [0.717, 1.165) is 48.9 Å². The van der Waals surface area contributed by atoms with Gasteiger partial charge in [0.15, 0.2) is 0 Å². The predicted molar refractivity (Wildman–Crippen MR) is 95.5 cm³/mol. The van der Waals surface area contributed by atoms with Crippen molar-refractivity contribution in [3.8, 4) is 0 Å². The first kappa shape index (κ1) is 17.1. The van der Waals surface area contributed by atoms with Gasteiger partial charge in [0.2, 0.25) is 5.91 Å². The van der Waals surface area contributed by atoms with E-state index in [1.165, 1.54) is 4.88 Å². The van der Waals surface area contributed by atoms with Crippen molar-refractivity contribution >= 4 is 33.3 Å². The van der Waals surface area contributed by atoms with Crippen LogP contribution in [0.2, 0.25) is 0 Å². The van der Waals surface area contributed by atoms with Crippen molar-refractivity contribution in [2.45, 2.75) is 13.3 Å². The lowest BCUT2D eigenvalue weighted by Gasteiger charge is -2.26. The largest absolute Gasteiger partial charge is 0.379 e. The number of hydrogen-bond donors (Lipinski definition) is 2. The summed E-state index contributed by atoms with van der Waals surface area (Å²) in [5.41, 5.74) is 0. The number of hydrogen-bond acceptors (Lipinski definition) is 7. The van der Waals surface area contributed by atoms with E-state index in [1.807, 2.05) is 0 Å². The van der Waals surface area contributed by atoms with Crippen molar-refractivity contribution in [2.24, 2.45) is 0 Å². The molecule has 1 fully saturated rings. The van der Waals surface area contributed by atoms with E-state index in [4.69, 9.17) is 4.74 Å². The molecule has 3 rings (SSSR count). The lowest BCUT2D eigenvalue weighted by atomic mass is 10.3. The number of aromatic nitrogens is 2. The molecule has 0 aromatic carbocycles. The average molecular weight is 349 g/mol. The predicted octanol–water partition coefficient (Wildman–Crippen LogP) is 1.25. The molecule has 2 N–H and O–H groups in total. The Morgan fingerprint density at radius 1 is 1.33 bits per heavy atom. The van der Waals surface area contributed by atoms with Crippen LogP contribution >= 0.6 is 11.3 Å². The van der Waals surface area contributed by atoms with Gasteiger partial charge in [-0.25, -0.2) is 9.97 Å². The average Bonchev–Trinajstić information content (AvgIpc) is 2.97. The Hall–Kier alpha value is -1.77. The fraction of sp³-hybridized carbons (Fsp3) is 0.562. The van der Waals surface area contributed by atoms with Gasteiger partial charge in [0.1, 0.15) is 17.0 Å². The summed E-state index contributed by atoms with van der Waals surface area (Å²) in [5, 5.41) is 7.23. The highest BCUT2D eigenvalue weighted by atomic mass is 32.1. The fourth-order valence-corrected chi connectivity index (χ4v) is 3.53. The third-order valence-corrected chi connectivity index (χ3v) is 4.91. The molecule has 1 aliphatic rings. The molecule has 0 unspecified atom stereocenters. The van der Waals surface area contributed by atoms with Crippen molar-refractivity contribution in [1.82, 2.24) is 20.2 Å². The first-order valence-corrected chi connectivity index (χ1v) is 9.06. The molecule has 0 bridgehead atoms. The summed E-state index contributed by atoms with van der Waals surface area (Å²) < 4.78 is 5.31. The molecule has 0 spiro atoms. The molecule has 24 heavy (non-hydrogen) atoms. The van der Waals surface area contributed by atoms with Gasteiger partial charge in [-0.2, -0.15) is 0 Å². The highest BCUT2D eigenvalue weighted by Gasteiger charge is 2.10. The highest BCUT2D eigenvalue weighted by Crippen LogP contribution is 2.27. The number of thiophene rings is 1. The third-order valence-electron chi connectivity index (χ3n) is 3.95. The van der Waals surface area contributed by atoms with Gasteiger partial charge in [-0.05, 0) is 13.0 Å². The zero-order chi connectivity index (χ0) is 16.8. The molecular formula is C16H23N5O2S. The zero-order valence-corrected chi connectivity index (χ0v) is 14.7. The number of rotatable bonds is 7. The smallest absolute Gasteiger partial charge is 0.221 e.